The summed E-state index contributed by atoms with van der Waals surface area (Å²) >= 11 is 0. The maximum atomic E-state index is 10.8. The van der Waals surface area contributed by atoms with Crippen LogP contribution in [-0.2, 0) is 4.79 Å². The molecule has 0 aromatic heterocycles. The van der Waals surface area contributed by atoms with E-state index in [1.807, 2.05) is 27.7 Å². The second kappa shape index (κ2) is 15.4. The van der Waals surface area contributed by atoms with Crippen molar-refractivity contribution in [2.24, 2.45) is 11.8 Å². The van der Waals surface area contributed by atoms with E-state index in [4.69, 9.17) is 0 Å². The summed E-state index contributed by atoms with van der Waals surface area (Å²) in [6, 6.07) is 0.160. The van der Waals surface area contributed by atoms with Crippen LogP contribution >= 0.6 is 12.4 Å². The molecule has 2 rings (SSSR count). The first-order chi connectivity index (χ1) is 16.0. The molecule has 16 heteroatoms. The van der Waals surface area contributed by atoms with Crippen molar-refractivity contribution in [2.45, 2.75) is 71.8 Å². The quantitative estimate of drug-likeness (QED) is 0.184. The topological polar surface area (TPSA) is 205 Å². The SMILES string of the molecule is C/C=C/C(=O)CC(C)C.CC(C)CC(C)N1CC([N+](=O)[O-])([N+](=O)[O-])C1.Cl.O=[N+]([O-])C1([N+](=O)[O-])CNC1. The number of halogens is 1. The van der Waals surface area contributed by atoms with E-state index in [2.05, 4.69) is 19.2 Å². The molecule has 2 fully saturated rings. The minimum atomic E-state index is -1.97. The molecule has 15 nitrogen and oxygen atoms in total. The number of hydrogen-bond acceptors (Lipinski definition) is 11. The summed E-state index contributed by atoms with van der Waals surface area (Å²) in [5, 5.41) is 44.0. The lowest BCUT2D eigenvalue weighted by Gasteiger charge is -2.40. The van der Waals surface area contributed by atoms with Gasteiger partial charge in [-0.05, 0) is 38.2 Å². The number of carbonyl (C=O) groups excluding carboxylic acids is 1. The number of hydrogen-bond donors (Lipinski definition) is 1. The van der Waals surface area contributed by atoms with Crippen LogP contribution in [0, 0.1) is 52.3 Å². The molecular weight excluding hydrogens is 504 g/mol. The van der Waals surface area contributed by atoms with Gasteiger partial charge in [-0.15, -0.1) is 12.4 Å². The predicted octanol–water partition coefficient (Wildman–Crippen LogP) is 2.43. The molecule has 0 bridgehead atoms. The van der Waals surface area contributed by atoms with Crippen molar-refractivity contribution >= 4 is 18.2 Å². The number of rotatable bonds is 10. The van der Waals surface area contributed by atoms with Crippen LogP contribution < -0.4 is 5.32 Å². The minimum absolute atomic E-state index is 0. The van der Waals surface area contributed by atoms with Gasteiger partial charge in [0.05, 0.1) is 0 Å². The van der Waals surface area contributed by atoms with E-state index in [9.17, 15) is 45.3 Å². The van der Waals surface area contributed by atoms with Crippen LogP contribution in [0.5, 0.6) is 0 Å². The lowest BCUT2D eigenvalue weighted by molar-refractivity contribution is -0.811. The van der Waals surface area contributed by atoms with Crippen molar-refractivity contribution in [3.63, 3.8) is 0 Å². The number of likely N-dealkylation sites (tertiary alicyclic amines) is 1. The van der Waals surface area contributed by atoms with E-state index in [1.165, 1.54) is 0 Å². The van der Waals surface area contributed by atoms with Gasteiger partial charge >= 0.3 is 11.3 Å². The molecular formula is C20H37ClN6O9. The smallest absolute Gasteiger partial charge is 0.295 e. The molecule has 2 aliphatic heterocycles. The van der Waals surface area contributed by atoms with E-state index >= 15 is 0 Å². The first kappa shape index (κ1) is 35.4. The Balaban J connectivity index is 0. The minimum Gasteiger partial charge on any atom is -0.295 e. The highest BCUT2D eigenvalue weighted by Crippen LogP contribution is 2.28. The van der Waals surface area contributed by atoms with Crippen molar-refractivity contribution in [1.82, 2.24) is 10.2 Å². The summed E-state index contributed by atoms with van der Waals surface area (Å²) in [6.45, 7) is 11.5. The Bertz CT molecular complexity index is 779. The second-order valence-corrected chi connectivity index (χ2v) is 9.54. The van der Waals surface area contributed by atoms with E-state index < -0.39 is 31.0 Å². The average molecular weight is 541 g/mol. The molecule has 0 aromatic carbocycles. The molecule has 0 spiro atoms. The third-order valence-electron chi connectivity index (χ3n) is 5.49. The van der Waals surface area contributed by atoms with E-state index in [-0.39, 0.29) is 50.4 Å². The molecule has 0 saturated carbocycles. The van der Waals surface area contributed by atoms with Gasteiger partial charge in [-0.25, -0.2) is 0 Å². The van der Waals surface area contributed by atoms with Gasteiger partial charge in [-0.1, -0.05) is 33.8 Å². The summed E-state index contributed by atoms with van der Waals surface area (Å²) < 4.78 is 0. The second-order valence-electron chi connectivity index (χ2n) is 9.54. The van der Waals surface area contributed by atoms with E-state index in [0.717, 1.165) is 6.42 Å². The number of nitrogens with zero attached hydrogens (tertiary/aromatic N) is 5. The van der Waals surface area contributed by atoms with E-state index in [1.54, 1.807) is 17.1 Å². The Kier molecular flexibility index (Phi) is 15.1. The van der Waals surface area contributed by atoms with Crippen LogP contribution in [0.2, 0.25) is 0 Å². The Labute approximate surface area is 215 Å². The standard InChI is InChI=1S/C9H17N3O4.C8H14O.C3H5N3O4.ClH/c1-7(2)4-8(3)10-5-9(6-10,11(13)14)12(15)16;1-4-5-8(9)6-7(2)3;7-5(8)3(6(9)10)1-4-2-3;/h7-8H,4-6H2,1-3H3;4-5,7H,6H2,1-3H3;4H,1-2H2;1H/b;5-4+;;. The zero-order valence-electron chi connectivity index (χ0n) is 21.4. The predicted molar refractivity (Wildman–Crippen MR) is 133 cm³/mol. The maximum Gasteiger partial charge on any atom is 0.482 e. The molecule has 2 saturated heterocycles. The Morgan fingerprint density at radius 3 is 1.50 bits per heavy atom. The van der Waals surface area contributed by atoms with Gasteiger partial charge in [-0.2, -0.15) is 0 Å². The monoisotopic (exact) mass is 540 g/mol. The van der Waals surface area contributed by atoms with Crippen LogP contribution in [0.4, 0.5) is 0 Å². The Morgan fingerprint density at radius 1 is 0.861 bits per heavy atom. The molecule has 208 valence electrons. The zero-order chi connectivity index (χ0) is 27.6. The van der Waals surface area contributed by atoms with E-state index in [0.29, 0.717) is 18.3 Å². The number of allylic oxidation sites excluding steroid dienone is 2. The molecule has 1 unspecified atom stereocenters. The van der Waals surface area contributed by atoms with Gasteiger partial charge in [0, 0.05) is 12.5 Å². The van der Waals surface area contributed by atoms with Crippen LogP contribution in [-0.4, -0.2) is 73.9 Å². The molecule has 1 N–H and O–H groups in total. The van der Waals surface area contributed by atoms with Gasteiger partial charge in [0.15, 0.2) is 5.78 Å². The van der Waals surface area contributed by atoms with Crippen LogP contribution in [0.3, 0.4) is 0 Å². The summed E-state index contributed by atoms with van der Waals surface area (Å²) in [5.41, 5.74) is -3.91. The fraction of sp³-hybridized carbons (Fsp3) is 0.850. The number of ketones is 1. The maximum absolute atomic E-state index is 10.8. The Morgan fingerprint density at radius 2 is 1.28 bits per heavy atom. The van der Waals surface area contributed by atoms with Gasteiger partial charge in [0.2, 0.25) is 0 Å². The highest BCUT2D eigenvalue weighted by Gasteiger charge is 2.66. The fourth-order valence-electron chi connectivity index (χ4n) is 3.37. The number of nitrogens with one attached hydrogen (secondary N) is 1. The van der Waals surface area contributed by atoms with Gasteiger partial charge in [0.25, 0.3) is 0 Å². The molecule has 2 heterocycles. The lowest BCUT2D eigenvalue weighted by Crippen LogP contribution is -2.71. The highest BCUT2D eigenvalue weighted by atomic mass is 35.5. The van der Waals surface area contributed by atoms with Crippen molar-refractivity contribution in [3.8, 4) is 0 Å². The van der Waals surface area contributed by atoms with Gasteiger partial charge in [-0.3, -0.25) is 55.5 Å². The largest absolute Gasteiger partial charge is 0.482 e. The average Bonchev–Trinajstić information content (AvgIpc) is 2.58. The molecule has 0 aliphatic carbocycles. The van der Waals surface area contributed by atoms with Crippen molar-refractivity contribution < 1.29 is 24.5 Å². The molecule has 1 atom stereocenters. The van der Waals surface area contributed by atoms with Gasteiger partial charge < -0.3 is 0 Å². The lowest BCUT2D eigenvalue weighted by atomic mass is 9.95. The van der Waals surface area contributed by atoms with Crippen molar-refractivity contribution in [3.05, 3.63) is 52.6 Å². The van der Waals surface area contributed by atoms with Crippen LogP contribution in [0.25, 0.3) is 0 Å². The molecule has 0 aromatic rings. The van der Waals surface area contributed by atoms with Gasteiger partial charge in [0.1, 0.15) is 45.9 Å². The van der Waals surface area contributed by atoms with Crippen LogP contribution in [0.15, 0.2) is 12.2 Å². The third-order valence-corrected chi connectivity index (χ3v) is 5.49. The van der Waals surface area contributed by atoms with Crippen molar-refractivity contribution in [1.29, 1.82) is 0 Å². The van der Waals surface area contributed by atoms with Crippen molar-refractivity contribution in [2.75, 3.05) is 26.2 Å². The number of nitro groups is 4. The zero-order valence-corrected chi connectivity index (χ0v) is 22.3. The summed E-state index contributed by atoms with van der Waals surface area (Å²) in [6.07, 6.45) is 4.97. The highest BCUT2D eigenvalue weighted by molar-refractivity contribution is 5.89. The van der Waals surface area contributed by atoms with Crippen LogP contribution in [0.1, 0.15) is 54.4 Å². The Hall–Kier alpha value is -2.78. The molecule has 2 aliphatic rings. The summed E-state index contributed by atoms with van der Waals surface area (Å²) in [5.74, 6) is 1.19. The first-order valence-electron chi connectivity index (χ1n) is 11.2. The first-order valence-corrected chi connectivity index (χ1v) is 11.2. The molecule has 36 heavy (non-hydrogen) atoms. The summed E-state index contributed by atoms with van der Waals surface area (Å²) in [4.78, 5) is 50.8. The molecule has 0 radical (unpaired) electrons. The normalized spacial score (nSPS) is 18.2. The third kappa shape index (κ3) is 9.70. The summed E-state index contributed by atoms with van der Waals surface area (Å²) in [7, 11) is 0. The fourth-order valence-corrected chi connectivity index (χ4v) is 3.37. The number of carbonyl (C=O) groups is 1. The molecule has 0 amide bonds.